The molecule has 31 heavy (non-hydrogen) atoms. The van der Waals surface area contributed by atoms with Gasteiger partial charge >= 0.3 is 12.1 Å². The van der Waals surface area contributed by atoms with Crippen molar-refractivity contribution in [2.45, 2.75) is 26.1 Å². The third kappa shape index (κ3) is 4.21. The predicted molar refractivity (Wildman–Crippen MR) is 108 cm³/mol. The lowest BCUT2D eigenvalue weighted by atomic mass is 9.97. The second-order valence-electron chi connectivity index (χ2n) is 7.03. The van der Waals surface area contributed by atoms with Crippen LogP contribution in [0, 0.1) is 18.3 Å². The van der Waals surface area contributed by atoms with E-state index in [2.05, 4.69) is 0 Å². The molecule has 1 unspecified atom stereocenters. The Morgan fingerprint density at radius 2 is 1.81 bits per heavy atom. The normalized spacial score (nSPS) is 12.3. The van der Waals surface area contributed by atoms with E-state index in [0.29, 0.717) is 11.3 Å². The molecule has 0 fully saturated rings. The van der Waals surface area contributed by atoms with Crippen LogP contribution in [0.4, 0.5) is 13.2 Å². The number of carbonyl (C=O) groups is 1. The van der Waals surface area contributed by atoms with Crippen LogP contribution in [0.15, 0.2) is 59.5 Å². The number of nitrogens with zero attached hydrogens (tertiary/aromatic N) is 2. The van der Waals surface area contributed by atoms with Gasteiger partial charge in [0, 0.05) is 17.5 Å². The zero-order valence-electron chi connectivity index (χ0n) is 16.6. The highest BCUT2D eigenvalue weighted by molar-refractivity contribution is 5.89. The van der Waals surface area contributed by atoms with Crippen molar-refractivity contribution in [3.63, 3.8) is 0 Å². The summed E-state index contributed by atoms with van der Waals surface area (Å²) < 4.78 is 41.1. The molecule has 0 saturated heterocycles. The summed E-state index contributed by atoms with van der Waals surface area (Å²) in [6, 6.07) is 12.4. The predicted octanol–water partition coefficient (Wildman–Crippen LogP) is 5.02. The van der Waals surface area contributed by atoms with E-state index in [1.807, 2.05) is 6.07 Å². The lowest BCUT2D eigenvalue weighted by Gasteiger charge is -2.23. The fourth-order valence-corrected chi connectivity index (χ4v) is 3.47. The second kappa shape index (κ2) is 8.11. The summed E-state index contributed by atoms with van der Waals surface area (Å²) in [6.45, 7) is 3.32. The van der Waals surface area contributed by atoms with Crippen molar-refractivity contribution >= 4 is 5.97 Å². The number of hydrogen-bond donors (Lipinski definition) is 1. The minimum Gasteiger partial charge on any atom is -0.477 e. The van der Waals surface area contributed by atoms with Crippen LogP contribution in [0.1, 0.15) is 45.7 Å². The third-order valence-corrected chi connectivity index (χ3v) is 5.14. The van der Waals surface area contributed by atoms with Crippen molar-refractivity contribution in [1.82, 2.24) is 4.57 Å². The minimum absolute atomic E-state index is 0.0128. The Morgan fingerprint density at radius 1 is 1.16 bits per heavy atom. The number of rotatable bonds is 4. The lowest BCUT2D eigenvalue weighted by Crippen LogP contribution is -2.24. The number of carboxylic acids is 1. The number of aromatic carboxylic acids is 1. The van der Waals surface area contributed by atoms with E-state index in [0.717, 1.165) is 17.7 Å². The SMILES string of the molecule is Cc1c(-c2cccc(C(F)(F)F)c2)c(=O)c(C(=O)O)cn1C(C)c1ccc(C#N)cc1. The van der Waals surface area contributed by atoms with E-state index in [1.165, 1.54) is 18.3 Å². The molecule has 0 saturated carbocycles. The number of aromatic nitrogens is 1. The number of benzene rings is 2. The molecule has 0 spiro atoms. The maximum atomic E-state index is 13.2. The van der Waals surface area contributed by atoms with Crippen LogP contribution < -0.4 is 5.43 Å². The molecule has 0 amide bonds. The molecule has 0 aliphatic rings. The average molecular weight is 426 g/mol. The maximum Gasteiger partial charge on any atom is 0.416 e. The van der Waals surface area contributed by atoms with Crippen LogP contribution in [0.2, 0.25) is 0 Å². The van der Waals surface area contributed by atoms with Gasteiger partial charge in [-0.2, -0.15) is 18.4 Å². The molecule has 1 aromatic heterocycles. The quantitative estimate of drug-likeness (QED) is 0.635. The standard InChI is InChI=1S/C23H17F3N2O3/c1-13(16-8-6-15(11-27)7-9-16)28-12-19(22(30)31)21(29)20(14(28)2)17-4-3-5-18(10-17)23(24,25)26/h3-10,12-13H,1-2H3,(H,30,31). The fourth-order valence-electron chi connectivity index (χ4n) is 3.47. The van der Waals surface area contributed by atoms with E-state index in [-0.39, 0.29) is 11.1 Å². The van der Waals surface area contributed by atoms with Gasteiger partial charge in [0.2, 0.25) is 5.43 Å². The van der Waals surface area contributed by atoms with E-state index in [9.17, 15) is 27.9 Å². The summed E-state index contributed by atoms with van der Waals surface area (Å²) >= 11 is 0. The lowest BCUT2D eigenvalue weighted by molar-refractivity contribution is -0.137. The monoisotopic (exact) mass is 426 g/mol. The number of hydrogen-bond acceptors (Lipinski definition) is 3. The molecule has 8 heteroatoms. The van der Waals surface area contributed by atoms with Crippen molar-refractivity contribution in [3.05, 3.63) is 92.9 Å². The van der Waals surface area contributed by atoms with Crippen molar-refractivity contribution in [3.8, 4) is 17.2 Å². The van der Waals surface area contributed by atoms with Crippen LogP contribution >= 0.6 is 0 Å². The van der Waals surface area contributed by atoms with Crippen molar-refractivity contribution in [1.29, 1.82) is 5.26 Å². The van der Waals surface area contributed by atoms with E-state index < -0.39 is 34.7 Å². The molecule has 1 atom stereocenters. The summed E-state index contributed by atoms with van der Waals surface area (Å²) in [4.78, 5) is 24.6. The van der Waals surface area contributed by atoms with Crippen LogP contribution in [-0.4, -0.2) is 15.6 Å². The van der Waals surface area contributed by atoms with Gasteiger partial charge in [-0.3, -0.25) is 4.79 Å². The van der Waals surface area contributed by atoms with Gasteiger partial charge in [-0.15, -0.1) is 0 Å². The summed E-state index contributed by atoms with van der Waals surface area (Å²) in [7, 11) is 0. The van der Waals surface area contributed by atoms with Crippen LogP contribution in [-0.2, 0) is 6.18 Å². The number of halogens is 3. The van der Waals surface area contributed by atoms with Crippen LogP contribution in [0.5, 0.6) is 0 Å². The largest absolute Gasteiger partial charge is 0.477 e. The maximum absolute atomic E-state index is 13.2. The van der Waals surface area contributed by atoms with Gasteiger partial charge in [-0.1, -0.05) is 24.3 Å². The Hall–Kier alpha value is -3.86. The molecule has 158 valence electrons. The summed E-state index contributed by atoms with van der Waals surface area (Å²) in [5.74, 6) is -1.47. The molecule has 0 bridgehead atoms. The molecule has 5 nitrogen and oxygen atoms in total. The molecule has 0 aliphatic heterocycles. The Bertz CT molecular complexity index is 1250. The first-order chi connectivity index (χ1) is 14.5. The summed E-state index contributed by atoms with van der Waals surface area (Å²) in [5.41, 5.74) is -0.943. The molecule has 1 N–H and O–H groups in total. The van der Waals surface area contributed by atoms with Gasteiger partial charge in [0.1, 0.15) is 5.56 Å². The molecule has 1 heterocycles. The highest BCUT2D eigenvalue weighted by atomic mass is 19.4. The first kappa shape index (κ1) is 21.8. The molecule has 2 aromatic carbocycles. The highest BCUT2D eigenvalue weighted by Crippen LogP contribution is 2.33. The van der Waals surface area contributed by atoms with Crippen molar-refractivity contribution in [2.24, 2.45) is 0 Å². The van der Waals surface area contributed by atoms with Crippen molar-refractivity contribution < 1.29 is 23.1 Å². The molecule has 0 aliphatic carbocycles. The van der Waals surface area contributed by atoms with Crippen LogP contribution in [0.3, 0.4) is 0 Å². The van der Waals surface area contributed by atoms with E-state index in [4.69, 9.17) is 5.26 Å². The first-order valence-electron chi connectivity index (χ1n) is 9.21. The zero-order valence-corrected chi connectivity index (χ0v) is 16.6. The smallest absolute Gasteiger partial charge is 0.416 e. The highest BCUT2D eigenvalue weighted by Gasteiger charge is 2.31. The second-order valence-corrected chi connectivity index (χ2v) is 7.03. The minimum atomic E-state index is -4.61. The topological polar surface area (TPSA) is 83.1 Å². The number of pyridine rings is 1. The summed E-state index contributed by atoms with van der Waals surface area (Å²) in [6.07, 6.45) is -3.41. The molecule has 0 radical (unpaired) electrons. The molecular weight excluding hydrogens is 409 g/mol. The van der Waals surface area contributed by atoms with Gasteiger partial charge < -0.3 is 9.67 Å². The van der Waals surface area contributed by atoms with Gasteiger partial charge in [-0.05, 0) is 49.2 Å². The number of alkyl halides is 3. The van der Waals surface area contributed by atoms with Gasteiger partial charge in [0.05, 0.1) is 23.2 Å². The molecule has 3 aromatic rings. The van der Waals surface area contributed by atoms with E-state index in [1.54, 1.807) is 42.7 Å². The Labute approximate surface area is 175 Å². The number of carboxylic acid groups (broad SMARTS) is 1. The van der Waals surface area contributed by atoms with Gasteiger partial charge in [0.15, 0.2) is 0 Å². The molecule has 3 rings (SSSR count). The first-order valence-corrected chi connectivity index (χ1v) is 9.21. The van der Waals surface area contributed by atoms with Gasteiger partial charge in [-0.25, -0.2) is 4.79 Å². The zero-order chi connectivity index (χ0) is 22.9. The van der Waals surface area contributed by atoms with Gasteiger partial charge in [0.25, 0.3) is 0 Å². The van der Waals surface area contributed by atoms with Crippen molar-refractivity contribution in [2.75, 3.05) is 0 Å². The van der Waals surface area contributed by atoms with Crippen LogP contribution in [0.25, 0.3) is 11.1 Å². The Morgan fingerprint density at radius 3 is 2.35 bits per heavy atom. The summed E-state index contributed by atoms with van der Waals surface area (Å²) in [5, 5.41) is 18.5. The Kier molecular flexibility index (Phi) is 5.71. The van der Waals surface area contributed by atoms with E-state index >= 15 is 0 Å². The fraction of sp³-hybridized carbons (Fsp3) is 0.174. The third-order valence-electron chi connectivity index (χ3n) is 5.14. The molecular formula is C23H17F3N2O3. The average Bonchev–Trinajstić information content (AvgIpc) is 2.73. The Balaban J connectivity index is 2.26. The number of nitriles is 1.